The van der Waals surface area contributed by atoms with E-state index < -0.39 is 0 Å². The van der Waals surface area contributed by atoms with Crippen LogP contribution in [0.4, 0.5) is 0 Å². The predicted octanol–water partition coefficient (Wildman–Crippen LogP) is 5.77. The van der Waals surface area contributed by atoms with Crippen molar-refractivity contribution in [2.24, 2.45) is 0 Å². The minimum absolute atomic E-state index is 0.0908. The van der Waals surface area contributed by atoms with Gasteiger partial charge in [-0.1, -0.05) is 65.8 Å². The van der Waals surface area contributed by atoms with Gasteiger partial charge in [0.25, 0.3) is 5.91 Å². The summed E-state index contributed by atoms with van der Waals surface area (Å²) in [7, 11) is 1.65. The third-order valence-electron chi connectivity index (χ3n) is 7.35. The van der Waals surface area contributed by atoms with Crippen molar-refractivity contribution in [3.8, 4) is 11.4 Å². The van der Waals surface area contributed by atoms with Crippen molar-refractivity contribution in [1.82, 2.24) is 24.6 Å². The average molecular weight is 604 g/mol. The number of rotatable bonds is 10. The van der Waals surface area contributed by atoms with Crippen LogP contribution in [0.2, 0.25) is 5.02 Å². The van der Waals surface area contributed by atoms with Crippen LogP contribution in [0.25, 0.3) is 5.69 Å². The molecule has 1 aliphatic heterocycles. The number of amides is 2. The quantitative estimate of drug-likeness (QED) is 0.169. The van der Waals surface area contributed by atoms with Gasteiger partial charge in [-0.3, -0.25) is 14.2 Å². The van der Waals surface area contributed by atoms with Gasteiger partial charge in [-0.15, -0.1) is 10.2 Å². The Labute approximate surface area is 255 Å². The summed E-state index contributed by atoms with van der Waals surface area (Å²) in [4.78, 5) is 29.8. The maximum Gasteiger partial charge on any atom is 0.255 e. The number of hydrogen-bond acceptors (Lipinski definition) is 6. The maximum absolute atomic E-state index is 13.1. The number of ether oxygens (including phenoxy) is 1. The second-order valence-electron chi connectivity index (χ2n) is 10.2. The molecule has 1 atom stereocenters. The number of benzene rings is 3. The Morgan fingerprint density at radius 2 is 1.71 bits per heavy atom. The highest BCUT2D eigenvalue weighted by molar-refractivity contribution is 7.99. The summed E-state index contributed by atoms with van der Waals surface area (Å²) < 4.78 is 7.42. The molecule has 8 nitrogen and oxygen atoms in total. The van der Waals surface area contributed by atoms with Crippen LogP contribution < -0.4 is 4.74 Å². The van der Waals surface area contributed by atoms with E-state index in [9.17, 15) is 9.59 Å². The average Bonchev–Trinajstić information content (AvgIpc) is 3.41. The molecule has 0 aliphatic carbocycles. The topological polar surface area (TPSA) is 80.6 Å². The lowest BCUT2D eigenvalue weighted by atomic mass is 10.1. The normalized spacial score (nSPS) is 15.1. The molecular weight excluding hydrogens is 570 g/mol. The van der Waals surface area contributed by atoms with Crippen molar-refractivity contribution in [1.29, 1.82) is 0 Å². The lowest BCUT2D eigenvalue weighted by Gasteiger charge is -2.40. The van der Waals surface area contributed by atoms with Gasteiger partial charge in [-0.25, -0.2) is 0 Å². The highest BCUT2D eigenvalue weighted by Crippen LogP contribution is 2.26. The van der Waals surface area contributed by atoms with Crippen molar-refractivity contribution in [3.05, 3.63) is 101 Å². The fourth-order valence-electron chi connectivity index (χ4n) is 5.10. The second kappa shape index (κ2) is 13.9. The van der Waals surface area contributed by atoms with E-state index in [1.807, 2.05) is 66.4 Å². The molecule has 0 radical (unpaired) electrons. The molecule has 0 N–H and O–H groups in total. The van der Waals surface area contributed by atoms with Crippen LogP contribution in [0, 0.1) is 0 Å². The first kappa shape index (κ1) is 29.7. The minimum atomic E-state index is -0.0933. The molecule has 2 heterocycles. The van der Waals surface area contributed by atoms with E-state index in [2.05, 4.69) is 26.9 Å². The highest BCUT2D eigenvalue weighted by atomic mass is 35.5. The van der Waals surface area contributed by atoms with Crippen molar-refractivity contribution >= 4 is 35.2 Å². The summed E-state index contributed by atoms with van der Waals surface area (Å²) in [5.74, 6) is 2.37. The summed E-state index contributed by atoms with van der Waals surface area (Å²) in [5, 5.41) is 10.3. The van der Waals surface area contributed by atoms with E-state index in [4.69, 9.17) is 16.3 Å². The van der Waals surface area contributed by atoms with Gasteiger partial charge in [-0.05, 0) is 55.3 Å². The molecule has 0 bridgehead atoms. The number of halogens is 1. The summed E-state index contributed by atoms with van der Waals surface area (Å²) in [6.45, 7) is 3.49. The fraction of sp³-hybridized carbons (Fsp3) is 0.312. The predicted molar refractivity (Wildman–Crippen MR) is 166 cm³/mol. The Hall–Kier alpha value is -3.82. The highest BCUT2D eigenvalue weighted by Gasteiger charge is 2.30. The van der Waals surface area contributed by atoms with Crippen molar-refractivity contribution < 1.29 is 14.3 Å². The van der Waals surface area contributed by atoms with Gasteiger partial charge in [0, 0.05) is 50.0 Å². The van der Waals surface area contributed by atoms with E-state index in [1.54, 1.807) is 35.9 Å². The number of piperazine rings is 1. The fourth-order valence-corrected chi connectivity index (χ4v) is 6.22. The Balaban J connectivity index is 1.17. The monoisotopic (exact) mass is 603 g/mol. The zero-order chi connectivity index (χ0) is 29.5. The van der Waals surface area contributed by atoms with Gasteiger partial charge in [-0.2, -0.15) is 0 Å². The number of carbonyl (C=O) groups is 2. The van der Waals surface area contributed by atoms with E-state index in [1.165, 1.54) is 0 Å². The van der Waals surface area contributed by atoms with Gasteiger partial charge < -0.3 is 14.5 Å². The molecule has 1 aromatic heterocycles. The molecule has 218 valence electrons. The third-order valence-corrected chi connectivity index (χ3v) is 8.69. The Bertz CT molecular complexity index is 1510. The molecule has 1 unspecified atom stereocenters. The molecule has 0 saturated carbocycles. The zero-order valence-electron chi connectivity index (χ0n) is 23.8. The van der Waals surface area contributed by atoms with Crippen LogP contribution in [0.1, 0.15) is 41.5 Å². The first-order chi connectivity index (χ1) is 20.4. The first-order valence-corrected chi connectivity index (χ1v) is 15.4. The standard InChI is InChI=1S/C32H34ClN5O3S/c1-23-22-36(18-19-37(23)31(40)27-11-6-7-12-28(27)33)30(39)13-8-20-42-32-35-34-29(21-24-9-4-3-5-10-24)38(32)25-14-16-26(41-2)17-15-25/h3-7,9-12,14-17,23H,8,13,18-22H2,1-2H3. The molecule has 1 aliphatic rings. The molecular formula is C32H34ClN5O3S. The molecule has 3 aromatic carbocycles. The number of thioether (sulfide) groups is 1. The largest absolute Gasteiger partial charge is 0.497 e. The lowest BCUT2D eigenvalue weighted by molar-refractivity contribution is -0.133. The smallest absolute Gasteiger partial charge is 0.255 e. The van der Waals surface area contributed by atoms with Crippen LogP contribution in [-0.4, -0.2) is 74.9 Å². The van der Waals surface area contributed by atoms with E-state index in [-0.39, 0.29) is 17.9 Å². The number of nitrogens with zero attached hydrogens (tertiary/aromatic N) is 5. The molecule has 4 aromatic rings. The lowest BCUT2D eigenvalue weighted by Crippen LogP contribution is -2.55. The first-order valence-electron chi connectivity index (χ1n) is 14.0. The van der Waals surface area contributed by atoms with Crippen LogP contribution in [0.5, 0.6) is 5.75 Å². The molecule has 1 saturated heterocycles. The Kier molecular flexibility index (Phi) is 9.81. The SMILES string of the molecule is COc1ccc(-n2c(Cc3ccccc3)nnc2SCCCC(=O)N2CCN(C(=O)c3ccccc3Cl)C(C)C2)cc1. The summed E-state index contributed by atoms with van der Waals surface area (Å²) in [6, 6.07) is 25.1. The summed E-state index contributed by atoms with van der Waals surface area (Å²) in [6.07, 6.45) is 1.80. The number of hydrogen-bond donors (Lipinski definition) is 0. The van der Waals surface area contributed by atoms with E-state index in [0.717, 1.165) is 33.7 Å². The molecule has 1 fully saturated rings. The van der Waals surface area contributed by atoms with Gasteiger partial charge in [0.15, 0.2) is 5.16 Å². The number of carbonyl (C=O) groups excluding carboxylic acids is 2. The molecule has 0 spiro atoms. The molecule has 42 heavy (non-hydrogen) atoms. The van der Waals surface area contributed by atoms with Gasteiger partial charge in [0.05, 0.1) is 17.7 Å². The van der Waals surface area contributed by atoms with Crippen molar-refractivity contribution in [2.75, 3.05) is 32.5 Å². The Morgan fingerprint density at radius 3 is 2.43 bits per heavy atom. The number of methoxy groups -OCH3 is 1. The number of aromatic nitrogens is 3. The van der Waals surface area contributed by atoms with Gasteiger partial charge in [0.1, 0.15) is 11.6 Å². The van der Waals surface area contributed by atoms with Gasteiger partial charge in [0.2, 0.25) is 5.91 Å². The third kappa shape index (κ3) is 6.97. The van der Waals surface area contributed by atoms with Crippen LogP contribution in [-0.2, 0) is 11.2 Å². The maximum atomic E-state index is 13.1. The Morgan fingerprint density at radius 1 is 0.976 bits per heavy atom. The van der Waals surface area contributed by atoms with Gasteiger partial charge >= 0.3 is 0 Å². The van der Waals surface area contributed by atoms with Crippen molar-refractivity contribution in [2.45, 2.75) is 37.4 Å². The summed E-state index contributed by atoms with van der Waals surface area (Å²) >= 11 is 7.84. The molecule has 10 heteroatoms. The van der Waals surface area contributed by atoms with Crippen LogP contribution in [0.3, 0.4) is 0 Å². The zero-order valence-corrected chi connectivity index (χ0v) is 25.4. The van der Waals surface area contributed by atoms with E-state index >= 15 is 0 Å². The molecule has 2 amide bonds. The second-order valence-corrected chi connectivity index (χ2v) is 11.7. The molecule has 5 rings (SSSR count). The minimum Gasteiger partial charge on any atom is -0.497 e. The summed E-state index contributed by atoms with van der Waals surface area (Å²) in [5.41, 5.74) is 2.62. The van der Waals surface area contributed by atoms with Crippen LogP contribution >= 0.6 is 23.4 Å². The van der Waals surface area contributed by atoms with Crippen molar-refractivity contribution in [3.63, 3.8) is 0 Å². The van der Waals surface area contributed by atoms with Crippen LogP contribution in [0.15, 0.2) is 84.0 Å². The van der Waals surface area contributed by atoms with E-state index in [0.29, 0.717) is 49.5 Å².